The van der Waals surface area contributed by atoms with E-state index in [4.69, 9.17) is 0 Å². The molecule has 7 aliphatic rings. The van der Waals surface area contributed by atoms with Gasteiger partial charge in [0.2, 0.25) is 0 Å². The van der Waals surface area contributed by atoms with Crippen molar-refractivity contribution >= 4 is 0 Å². The number of rotatable bonds is 14. The predicted molar refractivity (Wildman–Crippen MR) is 235 cm³/mol. The molecule has 53 heavy (non-hydrogen) atoms. The smallest absolute Gasteiger partial charge is 0.0318 e. The molecule has 0 N–H and O–H groups in total. The topological polar surface area (TPSA) is 0 Å². The van der Waals surface area contributed by atoms with Crippen LogP contribution in [0, 0.1) is 88.8 Å². The molecule has 0 bridgehead atoms. The van der Waals surface area contributed by atoms with Gasteiger partial charge in [0.15, 0.2) is 0 Å². The number of unbranched alkanes of at least 4 members (excludes halogenated alkanes) is 3. The maximum Gasteiger partial charge on any atom is -0.0318 e. The summed E-state index contributed by atoms with van der Waals surface area (Å²) in [6.07, 6.45) is 48.7. The Bertz CT molecular complexity index is 860. The zero-order chi connectivity index (χ0) is 37.6. The minimum atomic E-state index is 0.981. The van der Waals surface area contributed by atoms with Crippen LogP contribution in [-0.2, 0) is 0 Å². The predicted octanol–water partition coefficient (Wildman–Crippen LogP) is 17.5. The third-order valence-electron chi connectivity index (χ3n) is 18.3. The molecule has 0 saturated heterocycles. The molecular weight excluding hydrogens is 637 g/mol. The first-order valence-electron chi connectivity index (χ1n) is 26.2. The Morgan fingerprint density at radius 1 is 0.340 bits per heavy atom. The van der Waals surface area contributed by atoms with Gasteiger partial charge in [-0.15, -0.1) is 0 Å². The first-order chi connectivity index (χ1) is 26.2. The molecule has 7 fully saturated rings. The molecule has 0 aromatic heterocycles. The van der Waals surface area contributed by atoms with Crippen LogP contribution in [0.25, 0.3) is 0 Å². The summed E-state index contributed by atoms with van der Waals surface area (Å²) in [6.45, 7) is 15.8. The molecule has 8 unspecified atom stereocenters. The Balaban J connectivity index is 0.00000131. The Labute approximate surface area is 335 Å². The Morgan fingerprint density at radius 2 is 0.642 bits per heavy atom. The van der Waals surface area contributed by atoms with Gasteiger partial charge in [-0.25, -0.2) is 0 Å². The van der Waals surface area contributed by atoms with E-state index < -0.39 is 0 Å². The summed E-state index contributed by atoms with van der Waals surface area (Å²) in [4.78, 5) is 0. The van der Waals surface area contributed by atoms with Gasteiger partial charge < -0.3 is 0 Å². The summed E-state index contributed by atoms with van der Waals surface area (Å²) < 4.78 is 0. The molecular formula is C53H98. The van der Waals surface area contributed by atoms with Crippen LogP contribution in [0.5, 0.6) is 0 Å². The van der Waals surface area contributed by atoms with Crippen LogP contribution >= 0.6 is 0 Å². The van der Waals surface area contributed by atoms with Crippen molar-refractivity contribution in [3.8, 4) is 0 Å². The molecule has 310 valence electrons. The average molecular weight is 735 g/mol. The van der Waals surface area contributed by atoms with E-state index in [1.54, 1.807) is 167 Å². The molecule has 0 aliphatic heterocycles. The maximum absolute atomic E-state index is 2.68. The van der Waals surface area contributed by atoms with Crippen molar-refractivity contribution in [3.05, 3.63) is 0 Å². The molecule has 7 rings (SSSR count). The van der Waals surface area contributed by atoms with Gasteiger partial charge in [0.05, 0.1) is 0 Å². The normalized spacial score (nSPS) is 35.8. The highest BCUT2D eigenvalue weighted by atomic mass is 14.6. The van der Waals surface area contributed by atoms with Crippen molar-refractivity contribution in [1.82, 2.24) is 0 Å². The van der Waals surface area contributed by atoms with Gasteiger partial charge in [-0.2, -0.15) is 0 Å². The van der Waals surface area contributed by atoms with Gasteiger partial charge in [-0.3, -0.25) is 0 Å². The summed E-state index contributed by atoms with van der Waals surface area (Å²) in [5.41, 5.74) is 0. The van der Waals surface area contributed by atoms with Gasteiger partial charge in [0.25, 0.3) is 0 Å². The van der Waals surface area contributed by atoms with Crippen LogP contribution in [0.2, 0.25) is 0 Å². The Morgan fingerprint density at radius 3 is 1.00 bits per heavy atom. The molecule has 0 nitrogen and oxygen atoms in total. The molecule has 0 radical (unpaired) electrons. The molecule has 7 saturated carbocycles. The second-order valence-electron chi connectivity index (χ2n) is 20.4. The zero-order valence-electron chi connectivity index (χ0n) is 37.6. The van der Waals surface area contributed by atoms with Gasteiger partial charge in [-0.05, 0) is 95.2 Å². The molecule has 0 aromatic carbocycles. The molecule has 7 aliphatic carbocycles. The standard InChI is InChI=1S/C49H86.2C2H6/c1-4-7-8-9-34-42-43(36-22-10-11-23-36)45(35(5-2)6-3)47(39-28-16-17-29-39)49(41-32-20-21-33-41)48(40-30-18-19-31-40)46(38-26-14-15-27-38)44(42)37-24-12-13-25-37;2*1-2/h35-49H,4-34H2,1-3H3;2*1-2H3. The van der Waals surface area contributed by atoms with Crippen LogP contribution in [0.15, 0.2) is 0 Å². The third-order valence-corrected chi connectivity index (χ3v) is 18.3. The first-order valence-corrected chi connectivity index (χ1v) is 26.2. The van der Waals surface area contributed by atoms with Gasteiger partial charge in [0, 0.05) is 0 Å². The fourth-order valence-electron chi connectivity index (χ4n) is 16.7. The molecule has 0 aromatic rings. The van der Waals surface area contributed by atoms with E-state index >= 15 is 0 Å². The van der Waals surface area contributed by atoms with E-state index in [0.29, 0.717) is 0 Å². The summed E-state index contributed by atoms with van der Waals surface area (Å²) in [5.74, 6) is 16.0. The quantitative estimate of drug-likeness (QED) is 0.156. The molecule has 8 atom stereocenters. The first kappa shape index (κ1) is 44.1. The van der Waals surface area contributed by atoms with Gasteiger partial charge in [0.1, 0.15) is 0 Å². The third kappa shape index (κ3) is 10.4. The maximum atomic E-state index is 2.68. The second kappa shape index (κ2) is 23.4. The summed E-state index contributed by atoms with van der Waals surface area (Å²) in [7, 11) is 0. The SMILES string of the molecule is CC.CC.CCCCCCC1C(C2CCCC2)C(C(CC)CC)C(C2CCCC2)C(C2CCCC2)C(C2CCCC2)C(C2CCCC2)C1C1CCCC1. The summed E-state index contributed by atoms with van der Waals surface area (Å²) >= 11 is 0. The van der Waals surface area contributed by atoms with E-state index in [-0.39, 0.29) is 0 Å². The number of hydrogen-bond acceptors (Lipinski definition) is 0. The van der Waals surface area contributed by atoms with Crippen molar-refractivity contribution in [2.24, 2.45) is 88.8 Å². The molecule has 0 amide bonds. The van der Waals surface area contributed by atoms with Crippen LogP contribution in [0.4, 0.5) is 0 Å². The summed E-state index contributed by atoms with van der Waals surface area (Å²) in [5, 5.41) is 0. The van der Waals surface area contributed by atoms with E-state index in [1.807, 2.05) is 27.7 Å². The lowest BCUT2D eigenvalue weighted by Crippen LogP contribution is -2.56. The van der Waals surface area contributed by atoms with Crippen molar-refractivity contribution in [2.75, 3.05) is 0 Å². The van der Waals surface area contributed by atoms with Crippen LogP contribution in [0.3, 0.4) is 0 Å². The van der Waals surface area contributed by atoms with E-state index in [0.717, 1.165) is 88.8 Å². The lowest BCUT2D eigenvalue weighted by Gasteiger charge is -2.61. The summed E-state index contributed by atoms with van der Waals surface area (Å²) in [6, 6.07) is 0. The van der Waals surface area contributed by atoms with Crippen LogP contribution in [-0.4, -0.2) is 0 Å². The Kier molecular flexibility index (Phi) is 19.5. The van der Waals surface area contributed by atoms with Gasteiger partial charge in [-0.1, -0.05) is 241 Å². The van der Waals surface area contributed by atoms with Crippen molar-refractivity contribution in [1.29, 1.82) is 0 Å². The monoisotopic (exact) mass is 735 g/mol. The van der Waals surface area contributed by atoms with Crippen LogP contribution in [0.1, 0.15) is 248 Å². The zero-order valence-corrected chi connectivity index (χ0v) is 37.6. The lowest BCUT2D eigenvalue weighted by atomic mass is 9.44. The van der Waals surface area contributed by atoms with E-state index in [1.165, 1.54) is 32.1 Å². The van der Waals surface area contributed by atoms with Crippen molar-refractivity contribution < 1.29 is 0 Å². The molecule has 0 spiro atoms. The highest BCUT2D eigenvalue weighted by Gasteiger charge is 2.60. The highest BCUT2D eigenvalue weighted by molar-refractivity contribution is 5.08. The fraction of sp³-hybridized carbons (Fsp3) is 1.00. The van der Waals surface area contributed by atoms with E-state index in [2.05, 4.69) is 20.8 Å². The Hall–Kier alpha value is 0. The average Bonchev–Trinajstić information content (AvgIpc) is 4.03. The number of hydrogen-bond donors (Lipinski definition) is 0. The highest BCUT2D eigenvalue weighted by Crippen LogP contribution is 2.66. The van der Waals surface area contributed by atoms with Gasteiger partial charge >= 0.3 is 0 Å². The largest absolute Gasteiger partial charge is 0.0683 e. The molecule has 0 heterocycles. The minimum Gasteiger partial charge on any atom is -0.0683 e. The molecule has 0 heteroatoms. The van der Waals surface area contributed by atoms with Crippen LogP contribution < -0.4 is 0 Å². The van der Waals surface area contributed by atoms with E-state index in [9.17, 15) is 0 Å². The van der Waals surface area contributed by atoms with Crippen molar-refractivity contribution in [2.45, 2.75) is 248 Å². The minimum absolute atomic E-state index is 0.981. The van der Waals surface area contributed by atoms with Crippen molar-refractivity contribution in [3.63, 3.8) is 0 Å². The second-order valence-corrected chi connectivity index (χ2v) is 20.4. The fourth-order valence-corrected chi connectivity index (χ4v) is 16.7. The lowest BCUT2D eigenvalue weighted by molar-refractivity contribution is -0.134.